The van der Waals surface area contributed by atoms with Gasteiger partial charge in [-0.1, -0.05) is 103 Å². The molecule has 3 aromatic rings. The molecule has 2 nitrogen and oxygen atoms in total. The van der Waals surface area contributed by atoms with E-state index in [2.05, 4.69) is 129 Å². The van der Waals surface area contributed by atoms with Crippen LogP contribution < -0.4 is 10.6 Å². The van der Waals surface area contributed by atoms with Gasteiger partial charge in [0.2, 0.25) is 0 Å². The quantitative estimate of drug-likeness (QED) is 0.267. The number of benzene rings is 3. The van der Waals surface area contributed by atoms with Gasteiger partial charge < -0.3 is 4.90 Å². The fourth-order valence-electron chi connectivity index (χ4n) is 3.85. The zero-order chi connectivity index (χ0) is 21.6. The second-order valence-corrected chi connectivity index (χ2v) is 10.1. The third-order valence-corrected chi connectivity index (χ3v) is 8.17. The maximum absolute atomic E-state index is 5.20. The monoisotopic (exact) mass is 424 g/mol. The minimum absolute atomic E-state index is 0.0195. The molecule has 0 radical (unpaired) electrons. The van der Waals surface area contributed by atoms with E-state index in [0.29, 0.717) is 0 Å². The van der Waals surface area contributed by atoms with Gasteiger partial charge in [-0.05, 0) is 48.3 Å². The number of hydrogen-bond acceptors (Lipinski definition) is 1. The molecule has 4 rings (SSSR count). The molecule has 1 atom stereocenters. The first-order valence-corrected chi connectivity index (χ1v) is 12.1. The number of rotatable bonds is 6. The number of aliphatic imine (C=N–C) groups is 1. The van der Waals surface area contributed by atoms with Crippen molar-refractivity contribution in [3.63, 3.8) is 0 Å². The van der Waals surface area contributed by atoms with E-state index in [-0.39, 0.29) is 6.04 Å². The lowest BCUT2D eigenvalue weighted by atomic mass is 9.98. The topological polar surface area (TPSA) is 15.6 Å². The van der Waals surface area contributed by atoms with Crippen LogP contribution in [-0.4, -0.2) is 24.8 Å². The fourth-order valence-corrected chi connectivity index (χ4v) is 6.40. The molecule has 3 aromatic carbocycles. The van der Waals surface area contributed by atoms with Gasteiger partial charge in [0.1, 0.15) is 0 Å². The zero-order valence-electron chi connectivity index (χ0n) is 18.4. The largest absolute Gasteiger partial charge is 0.367 e. The van der Waals surface area contributed by atoms with Gasteiger partial charge in [-0.3, -0.25) is 4.99 Å². The van der Waals surface area contributed by atoms with E-state index in [1.165, 1.54) is 27.1 Å². The Kier molecular flexibility index (Phi) is 6.79. The molecule has 156 valence electrons. The summed E-state index contributed by atoms with van der Waals surface area (Å²) in [6, 6.07) is 32.6. The molecule has 0 unspecified atom stereocenters. The molecule has 0 saturated carbocycles. The average Bonchev–Trinajstić information content (AvgIpc) is 3.28. The Hall–Kier alpha value is -2.96. The Morgan fingerprint density at radius 2 is 1.32 bits per heavy atom. The molecule has 0 spiro atoms. The van der Waals surface area contributed by atoms with Crippen LogP contribution >= 0.6 is 7.92 Å². The Bertz CT molecular complexity index is 1040. The van der Waals surface area contributed by atoms with Gasteiger partial charge in [-0.15, -0.1) is 0 Å². The fraction of sp³-hybridized carbons (Fsp3) is 0.179. The minimum atomic E-state index is -0.644. The molecule has 0 aliphatic heterocycles. The van der Waals surface area contributed by atoms with Gasteiger partial charge in [0, 0.05) is 14.1 Å². The highest BCUT2D eigenvalue weighted by Crippen LogP contribution is 2.51. The van der Waals surface area contributed by atoms with Crippen molar-refractivity contribution in [3.8, 4) is 0 Å². The SMILES string of the molecule is CC(=N[C@@H](C1=C(P(c2ccccc2)c2ccccc2)C=CC1)c1ccccc1)N(C)C. The molecule has 0 bridgehead atoms. The van der Waals surface area contributed by atoms with Gasteiger partial charge in [-0.2, -0.15) is 0 Å². The predicted molar refractivity (Wildman–Crippen MR) is 136 cm³/mol. The normalized spacial score (nSPS) is 14.9. The summed E-state index contributed by atoms with van der Waals surface area (Å²) in [6.07, 6.45) is 5.59. The summed E-state index contributed by atoms with van der Waals surface area (Å²) in [4.78, 5) is 7.30. The molecule has 0 heterocycles. The summed E-state index contributed by atoms with van der Waals surface area (Å²) in [5, 5.41) is 4.18. The molecule has 0 saturated heterocycles. The van der Waals surface area contributed by atoms with Crippen LogP contribution in [0.5, 0.6) is 0 Å². The van der Waals surface area contributed by atoms with Crippen molar-refractivity contribution in [1.82, 2.24) is 4.90 Å². The van der Waals surface area contributed by atoms with Crippen LogP contribution in [0.15, 0.2) is 119 Å². The Labute approximate surface area is 187 Å². The van der Waals surface area contributed by atoms with Crippen LogP contribution in [0, 0.1) is 0 Å². The van der Waals surface area contributed by atoms with Gasteiger partial charge >= 0.3 is 0 Å². The van der Waals surface area contributed by atoms with Crippen molar-refractivity contribution in [2.45, 2.75) is 19.4 Å². The summed E-state index contributed by atoms with van der Waals surface area (Å²) >= 11 is 0. The van der Waals surface area contributed by atoms with E-state index in [1.54, 1.807) is 0 Å². The standard InChI is InChI=1S/C28H29N2P/c1-22(30(2)3)29-28(23-14-7-4-8-15-23)26-20-13-21-27(26)31(24-16-9-5-10-17-24)25-18-11-6-12-19-25/h4-19,21,28H,20H2,1-3H3/t28-/m1/s1. The van der Waals surface area contributed by atoms with Crippen LogP contribution in [0.1, 0.15) is 24.9 Å². The average molecular weight is 425 g/mol. The molecular formula is C28H29N2P. The zero-order valence-corrected chi connectivity index (χ0v) is 19.3. The van der Waals surface area contributed by atoms with Crippen LogP contribution in [0.3, 0.4) is 0 Å². The number of allylic oxidation sites excluding steroid dienone is 3. The lowest BCUT2D eigenvalue weighted by molar-refractivity contribution is 0.606. The van der Waals surface area contributed by atoms with E-state index in [1.807, 2.05) is 0 Å². The van der Waals surface area contributed by atoms with Crippen molar-refractivity contribution in [2.24, 2.45) is 4.99 Å². The van der Waals surface area contributed by atoms with Crippen molar-refractivity contribution in [2.75, 3.05) is 14.1 Å². The van der Waals surface area contributed by atoms with Gasteiger partial charge in [0.25, 0.3) is 0 Å². The second kappa shape index (κ2) is 9.90. The Morgan fingerprint density at radius 1 is 0.806 bits per heavy atom. The Morgan fingerprint density at radius 3 is 1.84 bits per heavy atom. The van der Waals surface area contributed by atoms with Crippen molar-refractivity contribution >= 4 is 24.4 Å². The number of hydrogen-bond donors (Lipinski definition) is 0. The Balaban J connectivity index is 1.89. The van der Waals surface area contributed by atoms with Crippen LogP contribution in [0.2, 0.25) is 0 Å². The third-order valence-electron chi connectivity index (χ3n) is 5.62. The van der Waals surface area contributed by atoms with E-state index in [0.717, 1.165) is 12.3 Å². The first-order chi connectivity index (χ1) is 15.1. The lowest BCUT2D eigenvalue weighted by Gasteiger charge is -2.25. The summed E-state index contributed by atoms with van der Waals surface area (Å²) in [5.41, 5.74) is 2.65. The third kappa shape index (κ3) is 4.86. The lowest BCUT2D eigenvalue weighted by Crippen LogP contribution is -2.20. The molecule has 0 amide bonds. The number of amidine groups is 1. The van der Waals surface area contributed by atoms with Gasteiger partial charge in [0.05, 0.1) is 11.9 Å². The highest BCUT2D eigenvalue weighted by Gasteiger charge is 2.27. The van der Waals surface area contributed by atoms with E-state index in [9.17, 15) is 0 Å². The highest BCUT2D eigenvalue weighted by molar-refractivity contribution is 7.77. The van der Waals surface area contributed by atoms with Crippen LogP contribution in [-0.2, 0) is 0 Å². The van der Waals surface area contributed by atoms with E-state index >= 15 is 0 Å². The first-order valence-electron chi connectivity index (χ1n) is 10.7. The van der Waals surface area contributed by atoms with Crippen LogP contribution in [0.25, 0.3) is 0 Å². The molecular weight excluding hydrogens is 395 g/mol. The van der Waals surface area contributed by atoms with Crippen molar-refractivity contribution in [1.29, 1.82) is 0 Å². The van der Waals surface area contributed by atoms with E-state index in [4.69, 9.17) is 4.99 Å². The molecule has 1 aliphatic rings. The minimum Gasteiger partial charge on any atom is -0.367 e. The van der Waals surface area contributed by atoms with Crippen molar-refractivity contribution in [3.05, 3.63) is 120 Å². The molecule has 3 heteroatoms. The summed E-state index contributed by atoms with van der Waals surface area (Å²) in [6.45, 7) is 2.09. The maximum atomic E-state index is 5.20. The molecule has 0 fully saturated rings. The van der Waals surface area contributed by atoms with E-state index < -0.39 is 7.92 Å². The second-order valence-electron chi connectivity index (χ2n) is 7.91. The van der Waals surface area contributed by atoms with Crippen molar-refractivity contribution < 1.29 is 0 Å². The smallest absolute Gasteiger partial charge is 0.0992 e. The molecule has 0 N–H and O–H groups in total. The van der Waals surface area contributed by atoms with Gasteiger partial charge in [-0.25, -0.2) is 0 Å². The summed E-state index contributed by atoms with van der Waals surface area (Å²) < 4.78 is 0. The number of nitrogens with zero attached hydrogens (tertiary/aromatic N) is 2. The summed E-state index contributed by atoms with van der Waals surface area (Å²) in [5.74, 6) is 1.04. The predicted octanol–water partition coefficient (Wildman–Crippen LogP) is 6.05. The van der Waals surface area contributed by atoms with Crippen LogP contribution in [0.4, 0.5) is 0 Å². The highest BCUT2D eigenvalue weighted by atomic mass is 31.1. The summed E-state index contributed by atoms with van der Waals surface area (Å²) in [7, 11) is 3.47. The van der Waals surface area contributed by atoms with Gasteiger partial charge in [0.15, 0.2) is 0 Å². The molecule has 1 aliphatic carbocycles. The maximum Gasteiger partial charge on any atom is 0.0992 e. The molecule has 31 heavy (non-hydrogen) atoms. The first kappa shape index (κ1) is 21.3. The molecule has 0 aromatic heterocycles.